The van der Waals surface area contributed by atoms with Crippen molar-refractivity contribution in [2.75, 3.05) is 0 Å². The van der Waals surface area contributed by atoms with E-state index in [1.165, 1.54) is 24.3 Å². The largest absolute Gasteiger partial charge is 0.550 e. The molecular formula is C15H19N2O5-. The Hall–Kier alpha value is -2.57. The lowest BCUT2D eigenvalue weighted by Crippen LogP contribution is -2.42. The van der Waals surface area contributed by atoms with Crippen LogP contribution >= 0.6 is 0 Å². The average molecular weight is 307 g/mol. The highest BCUT2D eigenvalue weighted by Crippen LogP contribution is 2.12. The highest BCUT2D eigenvalue weighted by Gasteiger charge is 2.12. The molecule has 0 aliphatic heterocycles. The standard InChI is InChI=1S/C15H20N2O5/c1-2-3-11(15(21)22)6-9-13(19)16-17-14(20)10-4-7-12(18)8-5-10/h4-5,7-8,11,18H,2-3,6,9H2,1H3,(H,16,19)(H,17,20)(H,21,22)/p-1/t11-/m0/s1. The summed E-state index contributed by atoms with van der Waals surface area (Å²) in [5.41, 5.74) is 4.71. The van der Waals surface area contributed by atoms with Gasteiger partial charge in [-0.15, -0.1) is 0 Å². The number of aliphatic carboxylic acids is 1. The van der Waals surface area contributed by atoms with Crippen molar-refractivity contribution in [1.29, 1.82) is 0 Å². The second kappa shape index (κ2) is 8.66. The van der Waals surface area contributed by atoms with Crippen molar-refractivity contribution in [2.45, 2.75) is 32.6 Å². The van der Waals surface area contributed by atoms with Gasteiger partial charge in [-0.3, -0.25) is 20.4 Å². The third kappa shape index (κ3) is 5.82. The van der Waals surface area contributed by atoms with Gasteiger partial charge in [0.1, 0.15) is 5.75 Å². The maximum Gasteiger partial charge on any atom is 0.269 e. The van der Waals surface area contributed by atoms with E-state index in [0.717, 1.165) is 0 Å². The van der Waals surface area contributed by atoms with Crippen molar-refractivity contribution in [3.63, 3.8) is 0 Å². The Labute approximate surface area is 128 Å². The Bertz CT molecular complexity index is 527. The summed E-state index contributed by atoms with van der Waals surface area (Å²) in [4.78, 5) is 34.1. The number of phenolic OH excluding ortho intramolecular Hbond substituents is 1. The van der Waals surface area contributed by atoms with E-state index >= 15 is 0 Å². The minimum atomic E-state index is -1.16. The van der Waals surface area contributed by atoms with Crippen molar-refractivity contribution >= 4 is 17.8 Å². The topological polar surface area (TPSA) is 119 Å². The van der Waals surface area contributed by atoms with Gasteiger partial charge < -0.3 is 15.0 Å². The van der Waals surface area contributed by atoms with Crippen LogP contribution in [0.1, 0.15) is 43.0 Å². The first-order chi connectivity index (χ1) is 10.4. The Balaban J connectivity index is 2.37. The molecule has 0 aliphatic carbocycles. The summed E-state index contributed by atoms with van der Waals surface area (Å²) in [6, 6.07) is 5.52. The predicted molar refractivity (Wildman–Crippen MR) is 76.4 cm³/mol. The summed E-state index contributed by atoms with van der Waals surface area (Å²) < 4.78 is 0. The molecule has 1 aromatic rings. The van der Waals surface area contributed by atoms with E-state index in [1.807, 2.05) is 6.92 Å². The molecule has 22 heavy (non-hydrogen) atoms. The van der Waals surface area contributed by atoms with Gasteiger partial charge in [0.05, 0.1) is 0 Å². The molecule has 1 atom stereocenters. The number of carbonyl (C=O) groups excluding carboxylic acids is 3. The Morgan fingerprint density at radius 1 is 1.14 bits per heavy atom. The number of phenols is 1. The van der Waals surface area contributed by atoms with Crippen molar-refractivity contribution in [1.82, 2.24) is 10.9 Å². The smallest absolute Gasteiger partial charge is 0.269 e. The van der Waals surface area contributed by atoms with E-state index in [2.05, 4.69) is 10.9 Å². The predicted octanol–water partition coefficient (Wildman–Crippen LogP) is 0.0996. The van der Waals surface area contributed by atoms with Gasteiger partial charge in [-0.2, -0.15) is 0 Å². The molecule has 0 heterocycles. The van der Waals surface area contributed by atoms with E-state index in [9.17, 15) is 19.5 Å². The monoisotopic (exact) mass is 307 g/mol. The maximum atomic E-state index is 11.7. The van der Waals surface area contributed by atoms with E-state index < -0.39 is 23.7 Å². The molecule has 0 unspecified atom stereocenters. The van der Waals surface area contributed by atoms with Crippen LogP contribution in [0.15, 0.2) is 24.3 Å². The molecule has 0 radical (unpaired) electrons. The summed E-state index contributed by atoms with van der Waals surface area (Å²) in [7, 11) is 0. The molecule has 2 amide bonds. The minimum Gasteiger partial charge on any atom is -0.550 e. The van der Waals surface area contributed by atoms with Gasteiger partial charge in [0.2, 0.25) is 5.91 Å². The van der Waals surface area contributed by atoms with Crippen molar-refractivity contribution < 1.29 is 24.6 Å². The molecule has 120 valence electrons. The van der Waals surface area contributed by atoms with Gasteiger partial charge in [-0.05, 0) is 43.0 Å². The van der Waals surface area contributed by atoms with Gasteiger partial charge in [0.15, 0.2) is 0 Å². The molecule has 1 rings (SSSR count). The lowest BCUT2D eigenvalue weighted by molar-refractivity contribution is -0.312. The van der Waals surface area contributed by atoms with Gasteiger partial charge in [-0.25, -0.2) is 0 Å². The molecule has 0 saturated heterocycles. The van der Waals surface area contributed by atoms with Gasteiger partial charge >= 0.3 is 0 Å². The number of hydrogen-bond donors (Lipinski definition) is 3. The van der Waals surface area contributed by atoms with Crippen molar-refractivity contribution in [3.05, 3.63) is 29.8 Å². The number of amides is 2. The normalized spacial score (nSPS) is 11.5. The van der Waals surface area contributed by atoms with Crippen LogP contribution in [-0.2, 0) is 9.59 Å². The highest BCUT2D eigenvalue weighted by molar-refractivity contribution is 5.95. The molecule has 3 N–H and O–H groups in total. The second-order valence-electron chi connectivity index (χ2n) is 4.89. The van der Waals surface area contributed by atoms with Gasteiger partial charge in [0, 0.05) is 18.0 Å². The van der Waals surface area contributed by atoms with E-state index in [1.54, 1.807) is 0 Å². The fourth-order valence-corrected chi connectivity index (χ4v) is 1.91. The molecule has 0 fully saturated rings. The average Bonchev–Trinajstić information content (AvgIpc) is 2.49. The number of aromatic hydroxyl groups is 1. The summed E-state index contributed by atoms with van der Waals surface area (Å²) in [6.45, 7) is 1.86. The summed E-state index contributed by atoms with van der Waals surface area (Å²) in [5.74, 6) is -2.80. The SMILES string of the molecule is CCC[C@@H](CCC(=O)NNC(=O)c1ccc(O)cc1)C(=O)[O-]. The highest BCUT2D eigenvalue weighted by atomic mass is 16.4. The van der Waals surface area contributed by atoms with Crippen LogP contribution < -0.4 is 16.0 Å². The van der Waals surface area contributed by atoms with Crippen LogP contribution in [0.3, 0.4) is 0 Å². The van der Waals surface area contributed by atoms with Crippen LogP contribution in [0.4, 0.5) is 0 Å². The van der Waals surface area contributed by atoms with Crippen LogP contribution in [0.5, 0.6) is 5.75 Å². The van der Waals surface area contributed by atoms with Crippen LogP contribution in [0.2, 0.25) is 0 Å². The Kier molecular flexibility index (Phi) is 6.88. The number of rotatable bonds is 7. The summed E-state index contributed by atoms with van der Waals surface area (Å²) in [5, 5.41) is 20.0. The molecule has 0 saturated carbocycles. The molecule has 0 aromatic heterocycles. The fourth-order valence-electron chi connectivity index (χ4n) is 1.91. The summed E-state index contributed by atoms with van der Waals surface area (Å²) in [6.07, 6.45) is 1.29. The van der Waals surface area contributed by atoms with E-state index in [0.29, 0.717) is 12.8 Å². The first-order valence-corrected chi connectivity index (χ1v) is 7.03. The van der Waals surface area contributed by atoms with Crippen molar-refractivity contribution in [3.8, 4) is 5.75 Å². The molecule has 0 aliphatic rings. The molecule has 0 spiro atoms. The quantitative estimate of drug-likeness (QED) is 0.617. The molecule has 7 nitrogen and oxygen atoms in total. The molecule has 0 bridgehead atoms. The third-order valence-corrected chi connectivity index (χ3v) is 3.14. The maximum absolute atomic E-state index is 11.7. The zero-order valence-corrected chi connectivity index (χ0v) is 12.3. The second-order valence-corrected chi connectivity index (χ2v) is 4.89. The van der Waals surface area contributed by atoms with Gasteiger partial charge in [-0.1, -0.05) is 13.3 Å². The number of carbonyl (C=O) groups is 3. The first kappa shape index (κ1) is 17.5. The van der Waals surface area contributed by atoms with Gasteiger partial charge in [0.25, 0.3) is 5.91 Å². The Morgan fingerprint density at radius 3 is 2.32 bits per heavy atom. The Morgan fingerprint density at radius 2 is 1.77 bits per heavy atom. The van der Waals surface area contributed by atoms with Crippen LogP contribution in [0, 0.1) is 5.92 Å². The summed E-state index contributed by atoms with van der Waals surface area (Å²) >= 11 is 0. The van der Waals surface area contributed by atoms with Crippen molar-refractivity contribution in [2.24, 2.45) is 5.92 Å². The fraction of sp³-hybridized carbons (Fsp3) is 0.400. The number of carboxylic acids is 1. The van der Waals surface area contributed by atoms with Crippen LogP contribution in [-0.4, -0.2) is 22.9 Å². The van der Waals surface area contributed by atoms with E-state index in [4.69, 9.17) is 5.11 Å². The zero-order chi connectivity index (χ0) is 16.5. The lowest BCUT2D eigenvalue weighted by atomic mass is 9.98. The number of carboxylic acid groups (broad SMARTS) is 1. The van der Waals surface area contributed by atoms with E-state index in [-0.39, 0.29) is 24.2 Å². The number of hydrogen-bond acceptors (Lipinski definition) is 5. The molecule has 1 aromatic carbocycles. The lowest BCUT2D eigenvalue weighted by Gasteiger charge is -2.16. The number of benzene rings is 1. The third-order valence-electron chi connectivity index (χ3n) is 3.14. The number of hydrazine groups is 1. The molecular weight excluding hydrogens is 288 g/mol. The zero-order valence-electron chi connectivity index (χ0n) is 12.3. The molecule has 7 heteroatoms. The minimum absolute atomic E-state index is 0.0193. The number of nitrogens with one attached hydrogen (secondary N) is 2. The van der Waals surface area contributed by atoms with Crippen LogP contribution in [0.25, 0.3) is 0 Å². The first-order valence-electron chi connectivity index (χ1n) is 7.03.